The lowest BCUT2D eigenvalue weighted by atomic mass is 9.78. The molecular weight excluding hydrogens is 210 g/mol. The first-order valence-corrected chi connectivity index (χ1v) is 6.64. The lowest BCUT2D eigenvalue weighted by Crippen LogP contribution is -2.56. The van der Waals surface area contributed by atoms with Crippen molar-refractivity contribution in [3.63, 3.8) is 0 Å². The molecule has 0 aromatic carbocycles. The van der Waals surface area contributed by atoms with Gasteiger partial charge in [0.1, 0.15) is 0 Å². The van der Waals surface area contributed by atoms with Crippen LogP contribution in [-0.4, -0.2) is 17.3 Å². The van der Waals surface area contributed by atoms with E-state index in [9.17, 15) is 4.79 Å². The number of hydrogen-bond donors (Lipinski definition) is 1. The number of alkyl halides is 1. The minimum Gasteiger partial charge on any atom is -0.349 e. The zero-order valence-electron chi connectivity index (χ0n) is 8.97. The van der Waals surface area contributed by atoms with Crippen molar-refractivity contribution in [1.29, 1.82) is 0 Å². The van der Waals surface area contributed by atoms with Crippen molar-refractivity contribution in [2.45, 2.75) is 44.1 Å². The molecule has 15 heavy (non-hydrogen) atoms. The molecule has 3 aliphatic carbocycles. The van der Waals surface area contributed by atoms with E-state index in [2.05, 4.69) is 5.32 Å². The van der Waals surface area contributed by atoms with Crippen LogP contribution < -0.4 is 5.32 Å². The van der Waals surface area contributed by atoms with Gasteiger partial charge in [-0.05, 0) is 50.4 Å². The predicted octanol–water partition coefficient (Wildman–Crippen LogP) is 2.31. The van der Waals surface area contributed by atoms with Crippen LogP contribution in [0.1, 0.15) is 38.5 Å². The maximum atomic E-state index is 12.0. The van der Waals surface area contributed by atoms with Gasteiger partial charge < -0.3 is 5.32 Å². The number of halogens is 1. The summed E-state index contributed by atoms with van der Waals surface area (Å²) in [6.45, 7) is 0. The second-order valence-electron chi connectivity index (χ2n) is 5.68. The molecule has 0 aliphatic heterocycles. The molecule has 0 saturated heterocycles. The van der Waals surface area contributed by atoms with Gasteiger partial charge in [0.25, 0.3) is 0 Å². The Morgan fingerprint density at radius 1 is 1.27 bits per heavy atom. The van der Waals surface area contributed by atoms with Crippen LogP contribution in [0.15, 0.2) is 0 Å². The fourth-order valence-electron chi connectivity index (χ4n) is 3.19. The van der Waals surface area contributed by atoms with Gasteiger partial charge in [0.15, 0.2) is 0 Å². The molecule has 0 bridgehead atoms. The van der Waals surface area contributed by atoms with E-state index in [0.29, 0.717) is 11.8 Å². The average molecular weight is 228 g/mol. The van der Waals surface area contributed by atoms with Crippen LogP contribution in [0, 0.1) is 17.8 Å². The average Bonchev–Trinajstić information content (AvgIpc) is 2.79. The van der Waals surface area contributed by atoms with Crippen LogP contribution >= 0.6 is 11.6 Å². The van der Waals surface area contributed by atoms with E-state index in [1.807, 2.05) is 0 Å². The van der Waals surface area contributed by atoms with Gasteiger partial charge in [-0.15, -0.1) is 11.6 Å². The molecule has 0 heterocycles. The quantitative estimate of drug-likeness (QED) is 0.737. The number of amides is 1. The molecule has 1 amide bonds. The molecule has 2 atom stereocenters. The highest BCUT2D eigenvalue weighted by molar-refractivity contribution is 6.18. The first kappa shape index (κ1) is 9.95. The fraction of sp³-hybridized carbons (Fsp3) is 0.917. The lowest BCUT2D eigenvalue weighted by Gasteiger charge is -2.41. The van der Waals surface area contributed by atoms with E-state index in [1.54, 1.807) is 0 Å². The molecule has 3 aliphatic rings. The van der Waals surface area contributed by atoms with Gasteiger partial charge in [0, 0.05) is 11.8 Å². The molecule has 3 rings (SSSR count). The number of rotatable bonds is 3. The van der Waals surface area contributed by atoms with Gasteiger partial charge in [-0.1, -0.05) is 0 Å². The van der Waals surface area contributed by atoms with Crippen molar-refractivity contribution < 1.29 is 4.79 Å². The number of carbonyl (C=O) groups is 1. The van der Waals surface area contributed by atoms with E-state index >= 15 is 0 Å². The summed E-state index contributed by atoms with van der Waals surface area (Å²) in [5.41, 5.74) is -0.0363. The molecule has 3 heteroatoms. The van der Waals surface area contributed by atoms with Crippen molar-refractivity contribution in [2.75, 3.05) is 5.88 Å². The third-order valence-corrected chi connectivity index (χ3v) is 5.08. The third-order valence-electron chi connectivity index (χ3n) is 4.57. The zero-order chi connectivity index (χ0) is 10.5. The van der Waals surface area contributed by atoms with Crippen molar-refractivity contribution >= 4 is 17.5 Å². The molecule has 3 saturated carbocycles. The van der Waals surface area contributed by atoms with Crippen LogP contribution in [0.5, 0.6) is 0 Å². The van der Waals surface area contributed by atoms with Gasteiger partial charge in [-0.25, -0.2) is 0 Å². The summed E-state index contributed by atoms with van der Waals surface area (Å²) < 4.78 is 0. The normalized spacial score (nSPS) is 40.5. The molecule has 2 unspecified atom stereocenters. The maximum Gasteiger partial charge on any atom is 0.223 e. The number of nitrogens with one attached hydrogen (secondary N) is 1. The second kappa shape index (κ2) is 3.38. The second-order valence-corrected chi connectivity index (χ2v) is 5.95. The molecule has 2 nitrogen and oxygen atoms in total. The van der Waals surface area contributed by atoms with E-state index in [-0.39, 0.29) is 11.4 Å². The molecule has 0 aromatic heterocycles. The van der Waals surface area contributed by atoms with Crippen LogP contribution in [0.2, 0.25) is 0 Å². The Morgan fingerprint density at radius 2 is 1.93 bits per heavy atom. The van der Waals surface area contributed by atoms with Crippen LogP contribution in [-0.2, 0) is 4.79 Å². The van der Waals surface area contributed by atoms with Gasteiger partial charge in [-0.2, -0.15) is 0 Å². The highest BCUT2D eigenvalue weighted by atomic mass is 35.5. The van der Waals surface area contributed by atoms with E-state index in [0.717, 1.165) is 37.5 Å². The molecule has 84 valence electrons. The molecule has 3 fully saturated rings. The van der Waals surface area contributed by atoms with E-state index in [1.165, 1.54) is 12.8 Å². The van der Waals surface area contributed by atoms with Gasteiger partial charge in [-0.3, -0.25) is 4.79 Å². The van der Waals surface area contributed by atoms with E-state index in [4.69, 9.17) is 11.6 Å². The Morgan fingerprint density at radius 3 is 2.40 bits per heavy atom. The maximum absolute atomic E-state index is 12.0. The molecule has 0 aromatic rings. The Bertz CT molecular complexity index is 272. The summed E-state index contributed by atoms with van der Waals surface area (Å²) in [6, 6.07) is 0. The molecule has 0 radical (unpaired) electrons. The largest absolute Gasteiger partial charge is 0.349 e. The van der Waals surface area contributed by atoms with Crippen molar-refractivity contribution in [3.05, 3.63) is 0 Å². The smallest absolute Gasteiger partial charge is 0.223 e. The number of carbonyl (C=O) groups excluding carboxylic acids is 1. The molecule has 0 spiro atoms. The standard InChI is InChI=1S/C12H18ClNO/c13-7-12(2-1-3-12)14-11(15)10-5-8-4-9(8)6-10/h8-10H,1-7H2,(H,14,15). The highest BCUT2D eigenvalue weighted by Gasteiger charge is 2.49. The summed E-state index contributed by atoms with van der Waals surface area (Å²) >= 11 is 5.93. The van der Waals surface area contributed by atoms with Crippen LogP contribution in [0.4, 0.5) is 0 Å². The number of hydrogen-bond acceptors (Lipinski definition) is 1. The molecular formula is C12H18ClNO. The Balaban J connectivity index is 1.56. The Labute approximate surface area is 95.8 Å². The minimum atomic E-state index is -0.0363. The molecule has 1 N–H and O–H groups in total. The van der Waals surface area contributed by atoms with E-state index < -0.39 is 0 Å². The Kier molecular flexibility index (Phi) is 2.24. The predicted molar refractivity (Wildman–Crippen MR) is 59.8 cm³/mol. The van der Waals surface area contributed by atoms with Crippen LogP contribution in [0.3, 0.4) is 0 Å². The van der Waals surface area contributed by atoms with Gasteiger partial charge in [0.05, 0.1) is 5.54 Å². The van der Waals surface area contributed by atoms with Crippen molar-refractivity contribution in [1.82, 2.24) is 5.32 Å². The Hall–Kier alpha value is -0.240. The topological polar surface area (TPSA) is 29.1 Å². The summed E-state index contributed by atoms with van der Waals surface area (Å²) in [7, 11) is 0. The van der Waals surface area contributed by atoms with Crippen molar-refractivity contribution in [2.24, 2.45) is 17.8 Å². The SMILES string of the molecule is O=C(NC1(CCl)CCC1)C1CC2CC2C1. The zero-order valence-corrected chi connectivity index (χ0v) is 9.72. The number of fused-ring (bicyclic) bond motifs is 1. The van der Waals surface area contributed by atoms with Gasteiger partial charge in [0.2, 0.25) is 5.91 Å². The summed E-state index contributed by atoms with van der Waals surface area (Å²) in [4.78, 5) is 12.0. The summed E-state index contributed by atoms with van der Waals surface area (Å²) in [5.74, 6) is 2.93. The first-order chi connectivity index (χ1) is 7.22. The summed E-state index contributed by atoms with van der Waals surface area (Å²) in [5, 5.41) is 3.19. The van der Waals surface area contributed by atoms with Crippen LogP contribution in [0.25, 0.3) is 0 Å². The minimum absolute atomic E-state index is 0.0363. The third kappa shape index (κ3) is 1.67. The monoisotopic (exact) mass is 227 g/mol. The van der Waals surface area contributed by atoms with Crippen molar-refractivity contribution in [3.8, 4) is 0 Å². The van der Waals surface area contributed by atoms with Gasteiger partial charge >= 0.3 is 0 Å². The lowest BCUT2D eigenvalue weighted by molar-refractivity contribution is -0.127. The first-order valence-electron chi connectivity index (χ1n) is 6.10. The fourth-order valence-corrected chi connectivity index (χ4v) is 3.52. The highest BCUT2D eigenvalue weighted by Crippen LogP contribution is 2.54. The summed E-state index contributed by atoms with van der Waals surface area (Å²) in [6.07, 6.45) is 7.00.